The van der Waals surface area contributed by atoms with Gasteiger partial charge in [0.15, 0.2) is 0 Å². The van der Waals surface area contributed by atoms with E-state index in [4.69, 9.17) is 4.74 Å². The van der Waals surface area contributed by atoms with Crippen molar-refractivity contribution in [2.45, 2.75) is 52.1 Å². The summed E-state index contributed by atoms with van der Waals surface area (Å²) in [6.45, 7) is 4.15. The van der Waals surface area contributed by atoms with E-state index in [1.165, 1.54) is 0 Å². The SMILES string of the molecule is CC/C=C\CC/C=C/C=C\C=C\C(O)CCOc1ccc(CC(C)=O)cc1. The van der Waals surface area contributed by atoms with E-state index in [9.17, 15) is 9.90 Å². The minimum atomic E-state index is -0.533. The molecular formula is C24H32O3. The first-order chi connectivity index (χ1) is 13.1. The molecule has 146 valence electrons. The fourth-order valence-electron chi connectivity index (χ4n) is 2.36. The molecule has 0 bridgehead atoms. The van der Waals surface area contributed by atoms with Crippen molar-refractivity contribution >= 4 is 5.78 Å². The number of carbonyl (C=O) groups is 1. The molecule has 0 radical (unpaired) electrons. The second kappa shape index (κ2) is 14.7. The molecule has 1 atom stereocenters. The van der Waals surface area contributed by atoms with Crippen molar-refractivity contribution in [3.63, 3.8) is 0 Å². The zero-order valence-electron chi connectivity index (χ0n) is 16.5. The Labute approximate surface area is 163 Å². The summed E-state index contributed by atoms with van der Waals surface area (Å²) in [4.78, 5) is 11.1. The Morgan fingerprint density at radius 1 is 1.04 bits per heavy atom. The Bertz CT molecular complexity index is 636. The molecule has 0 aromatic heterocycles. The standard InChI is InChI=1S/C24H32O3/c1-3-4-5-6-7-8-9-10-11-12-13-23(26)18-19-27-24-16-14-22(15-17-24)20-21(2)25/h4-5,8-17,23,26H,3,6-7,18-20H2,1-2H3/b5-4-,9-8+,11-10-,13-12+. The summed E-state index contributed by atoms with van der Waals surface area (Å²) in [6, 6.07) is 7.50. The molecule has 0 saturated heterocycles. The van der Waals surface area contributed by atoms with Crippen LogP contribution in [-0.2, 0) is 11.2 Å². The third kappa shape index (κ3) is 12.6. The number of hydrogen-bond donors (Lipinski definition) is 1. The highest BCUT2D eigenvalue weighted by Gasteiger charge is 2.01. The number of allylic oxidation sites excluding steroid dienone is 7. The highest BCUT2D eigenvalue weighted by atomic mass is 16.5. The average Bonchev–Trinajstić information content (AvgIpc) is 2.64. The summed E-state index contributed by atoms with van der Waals surface area (Å²) in [7, 11) is 0. The van der Waals surface area contributed by atoms with E-state index in [2.05, 4.69) is 25.2 Å². The quantitative estimate of drug-likeness (QED) is 0.289. The molecule has 1 N–H and O–H groups in total. The summed E-state index contributed by atoms with van der Waals surface area (Å²) >= 11 is 0. The molecule has 1 aromatic carbocycles. The number of aliphatic hydroxyl groups excluding tert-OH is 1. The third-order valence-corrected chi connectivity index (χ3v) is 3.76. The van der Waals surface area contributed by atoms with Gasteiger partial charge >= 0.3 is 0 Å². The molecule has 1 aromatic rings. The summed E-state index contributed by atoms with van der Waals surface area (Å²) in [5, 5.41) is 9.93. The monoisotopic (exact) mass is 368 g/mol. The van der Waals surface area contributed by atoms with E-state index in [1.807, 2.05) is 48.6 Å². The number of ether oxygens (including phenoxy) is 1. The first-order valence-corrected chi connectivity index (χ1v) is 9.66. The summed E-state index contributed by atoms with van der Waals surface area (Å²) in [6.07, 6.45) is 19.7. The maximum Gasteiger partial charge on any atom is 0.134 e. The third-order valence-electron chi connectivity index (χ3n) is 3.76. The van der Waals surface area contributed by atoms with Crippen molar-refractivity contribution < 1.29 is 14.6 Å². The van der Waals surface area contributed by atoms with Crippen molar-refractivity contribution in [2.75, 3.05) is 6.61 Å². The van der Waals surface area contributed by atoms with Crippen LogP contribution in [0.1, 0.15) is 45.1 Å². The van der Waals surface area contributed by atoms with Crippen LogP contribution in [-0.4, -0.2) is 23.6 Å². The van der Waals surface area contributed by atoms with Crippen LogP contribution < -0.4 is 4.74 Å². The van der Waals surface area contributed by atoms with E-state index >= 15 is 0 Å². The van der Waals surface area contributed by atoms with Gasteiger partial charge in [-0.3, -0.25) is 4.79 Å². The number of carbonyl (C=O) groups excluding carboxylic acids is 1. The first kappa shape index (κ1) is 22.7. The second-order valence-corrected chi connectivity index (χ2v) is 6.38. The van der Waals surface area contributed by atoms with Crippen LogP contribution in [0.25, 0.3) is 0 Å². The van der Waals surface area contributed by atoms with E-state index in [0.29, 0.717) is 19.4 Å². The zero-order valence-corrected chi connectivity index (χ0v) is 16.5. The van der Waals surface area contributed by atoms with E-state index in [0.717, 1.165) is 30.6 Å². The Kier molecular flexibility index (Phi) is 12.4. The topological polar surface area (TPSA) is 46.5 Å². The predicted molar refractivity (Wildman–Crippen MR) is 113 cm³/mol. The first-order valence-electron chi connectivity index (χ1n) is 9.66. The van der Waals surface area contributed by atoms with Gasteiger partial charge in [-0.05, 0) is 43.9 Å². The number of aliphatic hydroxyl groups is 1. The summed E-state index contributed by atoms with van der Waals surface area (Å²) in [5.74, 6) is 0.893. The number of hydrogen-bond acceptors (Lipinski definition) is 3. The Hall–Kier alpha value is -2.39. The molecule has 0 heterocycles. The van der Waals surface area contributed by atoms with Crippen molar-refractivity contribution in [2.24, 2.45) is 0 Å². The molecule has 27 heavy (non-hydrogen) atoms. The van der Waals surface area contributed by atoms with Gasteiger partial charge in [-0.1, -0.05) is 67.7 Å². The molecule has 1 unspecified atom stereocenters. The Balaban J connectivity index is 2.19. The average molecular weight is 369 g/mol. The smallest absolute Gasteiger partial charge is 0.134 e. The Morgan fingerprint density at radius 3 is 2.44 bits per heavy atom. The van der Waals surface area contributed by atoms with Crippen LogP contribution in [0.3, 0.4) is 0 Å². The summed E-state index contributed by atoms with van der Waals surface area (Å²) in [5.41, 5.74) is 0.982. The lowest BCUT2D eigenvalue weighted by atomic mass is 10.1. The lowest BCUT2D eigenvalue weighted by Gasteiger charge is -2.08. The van der Waals surface area contributed by atoms with Gasteiger partial charge in [-0.25, -0.2) is 0 Å². The van der Waals surface area contributed by atoms with Gasteiger partial charge in [-0.15, -0.1) is 0 Å². The molecule has 3 nitrogen and oxygen atoms in total. The zero-order chi connectivity index (χ0) is 19.7. The fourth-order valence-corrected chi connectivity index (χ4v) is 2.36. The number of Topliss-reactive ketones (excluding diaryl/α,β-unsaturated/α-hetero) is 1. The molecule has 1 rings (SSSR count). The van der Waals surface area contributed by atoms with E-state index in [-0.39, 0.29) is 5.78 Å². The molecular weight excluding hydrogens is 336 g/mol. The van der Waals surface area contributed by atoms with Gasteiger partial charge in [0.05, 0.1) is 12.7 Å². The largest absolute Gasteiger partial charge is 0.493 e. The van der Waals surface area contributed by atoms with Crippen molar-refractivity contribution in [1.29, 1.82) is 0 Å². The van der Waals surface area contributed by atoms with Crippen LogP contribution in [0.2, 0.25) is 0 Å². The van der Waals surface area contributed by atoms with Crippen molar-refractivity contribution in [3.05, 3.63) is 78.4 Å². The maximum absolute atomic E-state index is 11.1. The maximum atomic E-state index is 11.1. The normalized spacial score (nSPS) is 13.3. The minimum Gasteiger partial charge on any atom is -0.493 e. The molecule has 0 fully saturated rings. The van der Waals surface area contributed by atoms with Crippen LogP contribution in [0.4, 0.5) is 0 Å². The van der Waals surface area contributed by atoms with Gasteiger partial charge in [0.2, 0.25) is 0 Å². The van der Waals surface area contributed by atoms with Gasteiger partial charge in [-0.2, -0.15) is 0 Å². The molecule has 0 aliphatic heterocycles. The Morgan fingerprint density at radius 2 is 1.74 bits per heavy atom. The van der Waals surface area contributed by atoms with Crippen molar-refractivity contribution in [1.82, 2.24) is 0 Å². The molecule has 0 aliphatic rings. The van der Waals surface area contributed by atoms with Gasteiger partial charge < -0.3 is 9.84 Å². The highest BCUT2D eigenvalue weighted by Crippen LogP contribution is 2.13. The molecule has 0 saturated carbocycles. The minimum absolute atomic E-state index is 0.146. The summed E-state index contributed by atoms with van der Waals surface area (Å²) < 4.78 is 5.62. The molecule has 0 spiro atoms. The van der Waals surface area contributed by atoms with Crippen LogP contribution in [0.15, 0.2) is 72.9 Å². The van der Waals surface area contributed by atoms with Crippen molar-refractivity contribution in [3.8, 4) is 5.75 Å². The van der Waals surface area contributed by atoms with Crippen LogP contribution in [0, 0.1) is 0 Å². The van der Waals surface area contributed by atoms with Crippen LogP contribution >= 0.6 is 0 Å². The highest BCUT2D eigenvalue weighted by molar-refractivity contribution is 5.78. The van der Waals surface area contributed by atoms with Gasteiger partial charge in [0.1, 0.15) is 11.5 Å². The predicted octanol–water partition coefficient (Wildman–Crippen LogP) is 5.36. The number of unbranched alkanes of at least 4 members (excludes halogenated alkanes) is 1. The van der Waals surface area contributed by atoms with E-state index in [1.54, 1.807) is 13.0 Å². The van der Waals surface area contributed by atoms with Gasteiger partial charge in [0, 0.05) is 12.8 Å². The molecule has 0 amide bonds. The number of benzene rings is 1. The fraction of sp³-hybridized carbons (Fsp3) is 0.375. The number of rotatable bonds is 13. The molecule has 3 heteroatoms. The van der Waals surface area contributed by atoms with Gasteiger partial charge in [0.25, 0.3) is 0 Å². The number of ketones is 1. The molecule has 0 aliphatic carbocycles. The lowest BCUT2D eigenvalue weighted by Crippen LogP contribution is -2.09. The van der Waals surface area contributed by atoms with Crippen LogP contribution in [0.5, 0.6) is 5.75 Å². The van der Waals surface area contributed by atoms with E-state index < -0.39 is 6.10 Å². The lowest BCUT2D eigenvalue weighted by molar-refractivity contribution is -0.116. The second-order valence-electron chi connectivity index (χ2n) is 6.38.